The van der Waals surface area contributed by atoms with Crippen molar-refractivity contribution in [2.24, 2.45) is 0 Å². The molecule has 0 amide bonds. The van der Waals surface area contributed by atoms with Crippen LogP contribution in [-0.4, -0.2) is 29.2 Å². The van der Waals surface area contributed by atoms with Crippen molar-refractivity contribution in [3.05, 3.63) is 34.1 Å². The Morgan fingerprint density at radius 1 is 1.37 bits per heavy atom. The number of aliphatic hydroxyl groups is 1. The van der Waals surface area contributed by atoms with E-state index in [4.69, 9.17) is 0 Å². The van der Waals surface area contributed by atoms with Gasteiger partial charge in [-0.1, -0.05) is 0 Å². The molecule has 1 aromatic rings. The Hall–Kier alpha value is -1.69. The highest BCUT2D eigenvalue weighted by atomic mass is 19.1. The van der Waals surface area contributed by atoms with Crippen molar-refractivity contribution < 1.29 is 14.4 Å². The molecular weight excluding hydrogens is 251 g/mol. The molecule has 1 N–H and O–H groups in total. The predicted octanol–water partition coefficient (Wildman–Crippen LogP) is 2.47. The van der Waals surface area contributed by atoms with Gasteiger partial charge in [-0.25, -0.2) is 4.39 Å². The zero-order chi connectivity index (χ0) is 14.0. The van der Waals surface area contributed by atoms with Crippen molar-refractivity contribution in [2.45, 2.75) is 37.8 Å². The molecule has 1 saturated carbocycles. The van der Waals surface area contributed by atoms with Crippen LogP contribution in [0.3, 0.4) is 0 Å². The quantitative estimate of drug-likeness (QED) is 0.675. The molecule has 0 atom stereocenters. The van der Waals surface area contributed by atoms with E-state index in [1.54, 1.807) is 11.9 Å². The van der Waals surface area contributed by atoms with Crippen LogP contribution < -0.4 is 4.90 Å². The molecule has 0 spiro atoms. The fourth-order valence-corrected chi connectivity index (χ4v) is 2.58. The lowest BCUT2D eigenvalue weighted by molar-refractivity contribution is -0.384. The zero-order valence-corrected chi connectivity index (χ0v) is 10.8. The van der Waals surface area contributed by atoms with Gasteiger partial charge in [-0.2, -0.15) is 0 Å². The van der Waals surface area contributed by atoms with E-state index in [9.17, 15) is 19.6 Å². The van der Waals surface area contributed by atoms with Gasteiger partial charge in [0, 0.05) is 25.2 Å². The number of benzene rings is 1. The van der Waals surface area contributed by atoms with Crippen LogP contribution in [0.25, 0.3) is 0 Å². The van der Waals surface area contributed by atoms with E-state index in [1.807, 2.05) is 0 Å². The van der Waals surface area contributed by atoms with E-state index >= 15 is 0 Å². The lowest BCUT2D eigenvalue weighted by atomic mass is 9.92. The number of nitro groups is 1. The average Bonchev–Trinajstić information content (AvgIpc) is 2.38. The highest BCUT2D eigenvalue weighted by molar-refractivity contribution is 5.63. The normalized spacial score (nSPS) is 23.1. The number of rotatable bonds is 3. The third kappa shape index (κ3) is 3.01. The molecule has 0 unspecified atom stereocenters. The van der Waals surface area contributed by atoms with Gasteiger partial charge in [-0.05, 0) is 31.7 Å². The number of nitrogens with zero attached hydrogens (tertiary/aromatic N) is 2. The molecule has 0 aromatic heterocycles. The number of anilines is 1. The summed E-state index contributed by atoms with van der Waals surface area (Å²) in [7, 11) is 1.74. The van der Waals surface area contributed by atoms with Gasteiger partial charge in [0.2, 0.25) is 0 Å². The van der Waals surface area contributed by atoms with Crippen molar-refractivity contribution >= 4 is 11.4 Å². The van der Waals surface area contributed by atoms with Crippen LogP contribution >= 0.6 is 0 Å². The Balaban J connectivity index is 2.25. The average molecular weight is 268 g/mol. The van der Waals surface area contributed by atoms with Crippen LogP contribution in [-0.2, 0) is 0 Å². The smallest absolute Gasteiger partial charge is 0.292 e. The largest absolute Gasteiger partial charge is 0.393 e. The molecule has 0 aliphatic heterocycles. The summed E-state index contributed by atoms with van der Waals surface area (Å²) >= 11 is 0. The predicted molar refractivity (Wildman–Crippen MR) is 69.7 cm³/mol. The molecule has 0 bridgehead atoms. The maximum absolute atomic E-state index is 13.3. The third-order valence-corrected chi connectivity index (χ3v) is 3.73. The molecule has 1 aliphatic carbocycles. The van der Waals surface area contributed by atoms with Gasteiger partial charge in [-0.3, -0.25) is 10.1 Å². The maximum atomic E-state index is 13.3. The van der Waals surface area contributed by atoms with E-state index in [-0.39, 0.29) is 17.8 Å². The highest BCUT2D eigenvalue weighted by Gasteiger charge is 2.27. The van der Waals surface area contributed by atoms with E-state index in [2.05, 4.69) is 0 Å². The van der Waals surface area contributed by atoms with Crippen LogP contribution in [0.15, 0.2) is 18.2 Å². The summed E-state index contributed by atoms with van der Waals surface area (Å²) in [6.07, 6.45) is 2.58. The number of aliphatic hydroxyl groups excluding tert-OH is 1. The highest BCUT2D eigenvalue weighted by Crippen LogP contribution is 2.33. The Bertz CT molecular complexity index is 473. The summed E-state index contributed by atoms with van der Waals surface area (Å²) in [4.78, 5) is 12.2. The fraction of sp³-hybridized carbons (Fsp3) is 0.538. The molecule has 0 heterocycles. The fourth-order valence-electron chi connectivity index (χ4n) is 2.58. The first-order valence-corrected chi connectivity index (χ1v) is 6.34. The van der Waals surface area contributed by atoms with Gasteiger partial charge in [0.1, 0.15) is 11.5 Å². The summed E-state index contributed by atoms with van der Waals surface area (Å²) in [5.41, 5.74) is 0.210. The van der Waals surface area contributed by atoms with E-state index in [1.165, 1.54) is 12.1 Å². The molecule has 1 aromatic carbocycles. The number of nitro benzene ring substituents is 1. The summed E-state index contributed by atoms with van der Waals surface area (Å²) in [6, 6.07) is 3.59. The molecule has 104 valence electrons. The Labute approximate surface area is 110 Å². The van der Waals surface area contributed by atoms with Gasteiger partial charge in [0.05, 0.1) is 11.0 Å². The number of hydrogen-bond acceptors (Lipinski definition) is 4. The lowest BCUT2D eigenvalue weighted by Crippen LogP contribution is -2.36. The second-order valence-electron chi connectivity index (χ2n) is 4.96. The first-order chi connectivity index (χ1) is 8.99. The van der Waals surface area contributed by atoms with Crippen LogP contribution in [0.5, 0.6) is 0 Å². The van der Waals surface area contributed by atoms with Crippen LogP contribution in [0, 0.1) is 15.9 Å². The van der Waals surface area contributed by atoms with Crippen molar-refractivity contribution in [1.29, 1.82) is 0 Å². The first kappa shape index (κ1) is 13.7. The maximum Gasteiger partial charge on any atom is 0.292 e. The standard InChI is InChI=1S/C13H17FN2O3/c1-15(10-3-5-11(17)6-4-10)13-8-9(14)2-7-12(13)16(18)19/h2,7-8,10-11,17H,3-6H2,1H3. The molecule has 0 saturated heterocycles. The van der Waals surface area contributed by atoms with Gasteiger partial charge in [0.15, 0.2) is 0 Å². The molecule has 2 rings (SSSR count). The first-order valence-electron chi connectivity index (χ1n) is 6.34. The summed E-state index contributed by atoms with van der Waals surface area (Å²) in [6.45, 7) is 0. The topological polar surface area (TPSA) is 66.6 Å². The minimum Gasteiger partial charge on any atom is -0.393 e. The van der Waals surface area contributed by atoms with Gasteiger partial charge in [-0.15, -0.1) is 0 Å². The van der Waals surface area contributed by atoms with Crippen molar-refractivity contribution in [3.8, 4) is 0 Å². The Morgan fingerprint density at radius 3 is 2.58 bits per heavy atom. The van der Waals surface area contributed by atoms with Crippen molar-refractivity contribution in [2.75, 3.05) is 11.9 Å². The van der Waals surface area contributed by atoms with Crippen molar-refractivity contribution in [3.63, 3.8) is 0 Å². The SMILES string of the molecule is CN(c1cc(F)ccc1[N+](=O)[O-])C1CCC(O)CC1. The Kier molecular flexibility index (Phi) is 3.99. The van der Waals surface area contributed by atoms with E-state index in [0.29, 0.717) is 18.5 Å². The second kappa shape index (κ2) is 5.52. The molecule has 6 heteroatoms. The number of hydrogen-bond donors (Lipinski definition) is 1. The zero-order valence-electron chi connectivity index (χ0n) is 10.8. The van der Waals surface area contributed by atoms with E-state index < -0.39 is 10.7 Å². The van der Waals surface area contributed by atoms with Gasteiger partial charge in [0.25, 0.3) is 5.69 Å². The molecule has 1 fully saturated rings. The second-order valence-corrected chi connectivity index (χ2v) is 4.96. The summed E-state index contributed by atoms with van der Waals surface area (Å²) < 4.78 is 13.3. The van der Waals surface area contributed by atoms with E-state index in [0.717, 1.165) is 18.9 Å². The summed E-state index contributed by atoms with van der Waals surface area (Å²) in [5.74, 6) is -0.483. The van der Waals surface area contributed by atoms with Crippen LogP contribution in [0.4, 0.5) is 15.8 Å². The minimum atomic E-state index is -0.497. The minimum absolute atomic E-state index is 0.0879. The number of halogens is 1. The summed E-state index contributed by atoms with van der Waals surface area (Å²) in [5, 5.41) is 20.5. The molecule has 19 heavy (non-hydrogen) atoms. The lowest BCUT2D eigenvalue weighted by Gasteiger charge is -2.34. The van der Waals surface area contributed by atoms with Crippen LogP contribution in [0.2, 0.25) is 0 Å². The van der Waals surface area contributed by atoms with Crippen molar-refractivity contribution in [1.82, 2.24) is 0 Å². The Morgan fingerprint density at radius 2 is 2.00 bits per heavy atom. The third-order valence-electron chi connectivity index (χ3n) is 3.73. The van der Waals surface area contributed by atoms with Gasteiger partial charge < -0.3 is 10.0 Å². The molecule has 1 aliphatic rings. The molecule has 0 radical (unpaired) electrons. The molecular formula is C13H17FN2O3. The molecule has 5 nitrogen and oxygen atoms in total. The monoisotopic (exact) mass is 268 g/mol. The van der Waals surface area contributed by atoms with Gasteiger partial charge >= 0.3 is 0 Å². The van der Waals surface area contributed by atoms with Crippen LogP contribution in [0.1, 0.15) is 25.7 Å².